The minimum atomic E-state index is -3.86. The van der Waals surface area contributed by atoms with Gasteiger partial charge in [-0.3, -0.25) is 9.52 Å². The van der Waals surface area contributed by atoms with E-state index in [2.05, 4.69) is 10.0 Å². The third kappa shape index (κ3) is 4.89. The molecule has 0 radical (unpaired) electrons. The van der Waals surface area contributed by atoms with E-state index in [1.54, 1.807) is 39.0 Å². The predicted octanol–water partition coefficient (Wildman–Crippen LogP) is 4.20. The van der Waals surface area contributed by atoms with E-state index in [-0.39, 0.29) is 17.2 Å². The fraction of sp³-hybridized carbons (Fsp3) is 0.278. The number of hydrogen-bond donors (Lipinski definition) is 2. The van der Waals surface area contributed by atoms with Crippen molar-refractivity contribution in [1.29, 1.82) is 0 Å². The van der Waals surface area contributed by atoms with Crippen LogP contribution in [0.2, 0.25) is 5.02 Å². The summed E-state index contributed by atoms with van der Waals surface area (Å²) in [6.45, 7) is 5.68. The first kappa shape index (κ1) is 20.1. The maximum atomic E-state index is 12.7. The van der Waals surface area contributed by atoms with Crippen LogP contribution in [0, 0.1) is 6.92 Å². The standard InChI is InChI=1S/C18H21ClN2O4S/c1-4-18(22)20-16-11-14(8-9-17(16)25-5-2)26(23,24)21-15-10-13(19)7-6-12(15)3/h6-11,21H,4-5H2,1-3H3,(H,20,22). The van der Waals surface area contributed by atoms with E-state index in [1.165, 1.54) is 18.2 Å². The number of rotatable bonds is 7. The van der Waals surface area contributed by atoms with Crippen LogP contribution in [0.5, 0.6) is 5.75 Å². The van der Waals surface area contributed by atoms with Gasteiger partial charge in [0.1, 0.15) is 5.75 Å². The number of aryl methyl sites for hydroxylation is 1. The van der Waals surface area contributed by atoms with Crippen LogP contribution in [0.4, 0.5) is 11.4 Å². The van der Waals surface area contributed by atoms with Crippen molar-refractivity contribution in [3.63, 3.8) is 0 Å². The number of sulfonamides is 1. The maximum absolute atomic E-state index is 12.7. The van der Waals surface area contributed by atoms with Crippen molar-refractivity contribution in [2.24, 2.45) is 0 Å². The van der Waals surface area contributed by atoms with E-state index in [0.29, 0.717) is 28.8 Å². The number of anilines is 2. The lowest BCUT2D eigenvalue weighted by atomic mass is 10.2. The molecule has 2 aromatic carbocycles. The third-order valence-corrected chi connectivity index (χ3v) is 5.20. The number of halogens is 1. The molecule has 0 saturated heterocycles. The normalized spacial score (nSPS) is 11.1. The van der Waals surface area contributed by atoms with Crippen LogP contribution in [0.15, 0.2) is 41.3 Å². The van der Waals surface area contributed by atoms with Gasteiger partial charge in [0.05, 0.1) is 22.9 Å². The molecule has 26 heavy (non-hydrogen) atoms. The highest BCUT2D eigenvalue weighted by Crippen LogP contribution is 2.30. The second-order valence-electron chi connectivity index (χ2n) is 5.56. The number of nitrogens with one attached hydrogen (secondary N) is 2. The van der Waals surface area contributed by atoms with Gasteiger partial charge in [-0.15, -0.1) is 0 Å². The van der Waals surface area contributed by atoms with Gasteiger partial charge in [-0.05, 0) is 49.7 Å². The Morgan fingerprint density at radius 2 is 1.85 bits per heavy atom. The Kier molecular flexibility index (Phi) is 6.50. The second kappa shape index (κ2) is 8.42. The molecule has 8 heteroatoms. The molecule has 2 N–H and O–H groups in total. The fourth-order valence-electron chi connectivity index (χ4n) is 2.20. The number of hydrogen-bond acceptors (Lipinski definition) is 4. The van der Waals surface area contributed by atoms with Crippen LogP contribution in [0.25, 0.3) is 0 Å². The van der Waals surface area contributed by atoms with Crippen LogP contribution in [-0.2, 0) is 14.8 Å². The molecule has 2 aromatic rings. The molecule has 0 atom stereocenters. The summed E-state index contributed by atoms with van der Waals surface area (Å²) < 4.78 is 33.4. The highest BCUT2D eigenvalue weighted by atomic mass is 35.5. The van der Waals surface area contributed by atoms with Crippen molar-refractivity contribution in [2.75, 3.05) is 16.6 Å². The van der Waals surface area contributed by atoms with Gasteiger partial charge in [-0.25, -0.2) is 8.42 Å². The van der Waals surface area contributed by atoms with Gasteiger partial charge in [0.15, 0.2) is 0 Å². The molecule has 2 rings (SSSR count). The first-order chi connectivity index (χ1) is 12.3. The molecule has 0 unspecified atom stereocenters. The Labute approximate surface area is 158 Å². The van der Waals surface area contributed by atoms with Crippen molar-refractivity contribution in [1.82, 2.24) is 0 Å². The molecule has 1 amide bonds. The van der Waals surface area contributed by atoms with Gasteiger partial charge in [0, 0.05) is 11.4 Å². The zero-order chi connectivity index (χ0) is 19.3. The minimum absolute atomic E-state index is 0.00623. The van der Waals surface area contributed by atoms with Crippen LogP contribution in [0.1, 0.15) is 25.8 Å². The zero-order valence-corrected chi connectivity index (χ0v) is 16.4. The topological polar surface area (TPSA) is 84.5 Å². The molecule has 140 valence electrons. The first-order valence-corrected chi connectivity index (χ1v) is 9.98. The predicted molar refractivity (Wildman–Crippen MR) is 104 cm³/mol. The lowest BCUT2D eigenvalue weighted by Crippen LogP contribution is -2.16. The second-order valence-corrected chi connectivity index (χ2v) is 7.68. The molecule has 0 bridgehead atoms. The summed E-state index contributed by atoms with van der Waals surface area (Å²) >= 11 is 5.95. The Hall–Kier alpha value is -2.25. The van der Waals surface area contributed by atoms with E-state index >= 15 is 0 Å². The average Bonchev–Trinajstić information content (AvgIpc) is 2.59. The smallest absolute Gasteiger partial charge is 0.261 e. The van der Waals surface area contributed by atoms with Gasteiger partial charge in [-0.2, -0.15) is 0 Å². The lowest BCUT2D eigenvalue weighted by molar-refractivity contribution is -0.115. The SMILES string of the molecule is CCOc1ccc(S(=O)(=O)Nc2cc(Cl)ccc2C)cc1NC(=O)CC. The molecular formula is C18H21ClN2O4S. The van der Waals surface area contributed by atoms with E-state index in [0.717, 1.165) is 5.56 Å². The number of carbonyl (C=O) groups excluding carboxylic acids is 1. The Balaban J connectivity index is 2.40. The molecule has 0 heterocycles. The molecule has 0 aliphatic heterocycles. The van der Waals surface area contributed by atoms with Crippen LogP contribution in [0.3, 0.4) is 0 Å². The molecule has 0 spiro atoms. The summed E-state index contributed by atoms with van der Waals surface area (Å²) in [5.74, 6) is 0.173. The fourth-order valence-corrected chi connectivity index (χ4v) is 3.52. The summed E-state index contributed by atoms with van der Waals surface area (Å²) in [5.41, 5.74) is 1.44. The highest BCUT2D eigenvalue weighted by molar-refractivity contribution is 7.92. The maximum Gasteiger partial charge on any atom is 0.261 e. The summed E-state index contributed by atoms with van der Waals surface area (Å²) in [5, 5.41) is 3.09. The van der Waals surface area contributed by atoms with Crippen molar-refractivity contribution in [3.8, 4) is 5.75 Å². The Bertz CT molecular complexity index is 913. The number of amides is 1. The average molecular weight is 397 g/mol. The first-order valence-electron chi connectivity index (χ1n) is 8.12. The highest BCUT2D eigenvalue weighted by Gasteiger charge is 2.18. The summed E-state index contributed by atoms with van der Waals surface area (Å²) in [6, 6.07) is 9.28. The number of benzene rings is 2. The van der Waals surface area contributed by atoms with Crippen molar-refractivity contribution < 1.29 is 17.9 Å². The van der Waals surface area contributed by atoms with Crippen LogP contribution in [-0.4, -0.2) is 20.9 Å². The lowest BCUT2D eigenvalue weighted by Gasteiger charge is -2.15. The molecule has 6 nitrogen and oxygen atoms in total. The largest absolute Gasteiger partial charge is 0.492 e. The van der Waals surface area contributed by atoms with E-state index < -0.39 is 10.0 Å². The Morgan fingerprint density at radius 1 is 1.12 bits per heavy atom. The van der Waals surface area contributed by atoms with Crippen LogP contribution < -0.4 is 14.8 Å². The third-order valence-electron chi connectivity index (χ3n) is 3.60. The number of carbonyl (C=O) groups is 1. The monoisotopic (exact) mass is 396 g/mol. The summed E-state index contributed by atoms with van der Waals surface area (Å²) in [6.07, 6.45) is 0.266. The zero-order valence-electron chi connectivity index (χ0n) is 14.8. The van der Waals surface area contributed by atoms with E-state index in [1.807, 2.05) is 0 Å². The van der Waals surface area contributed by atoms with E-state index in [4.69, 9.17) is 16.3 Å². The molecule has 0 aliphatic carbocycles. The van der Waals surface area contributed by atoms with E-state index in [9.17, 15) is 13.2 Å². The molecule has 0 aliphatic rings. The quantitative estimate of drug-likeness (QED) is 0.734. The molecule has 0 fully saturated rings. The van der Waals surface area contributed by atoms with Crippen molar-refractivity contribution in [2.45, 2.75) is 32.1 Å². The van der Waals surface area contributed by atoms with Gasteiger partial charge in [-0.1, -0.05) is 24.6 Å². The number of ether oxygens (including phenoxy) is 1. The van der Waals surface area contributed by atoms with Gasteiger partial charge in [0.25, 0.3) is 10.0 Å². The van der Waals surface area contributed by atoms with Gasteiger partial charge < -0.3 is 10.1 Å². The van der Waals surface area contributed by atoms with Gasteiger partial charge in [0.2, 0.25) is 5.91 Å². The molecule has 0 aromatic heterocycles. The molecular weight excluding hydrogens is 376 g/mol. The van der Waals surface area contributed by atoms with Crippen molar-refractivity contribution in [3.05, 3.63) is 47.0 Å². The molecule has 0 saturated carbocycles. The minimum Gasteiger partial charge on any atom is -0.492 e. The summed E-state index contributed by atoms with van der Waals surface area (Å²) in [7, 11) is -3.86. The van der Waals surface area contributed by atoms with Gasteiger partial charge >= 0.3 is 0 Å². The Morgan fingerprint density at radius 3 is 2.50 bits per heavy atom. The summed E-state index contributed by atoms with van der Waals surface area (Å²) in [4.78, 5) is 11.7. The van der Waals surface area contributed by atoms with Crippen molar-refractivity contribution >= 4 is 38.9 Å². The van der Waals surface area contributed by atoms with Crippen LogP contribution >= 0.6 is 11.6 Å².